The van der Waals surface area contributed by atoms with E-state index in [9.17, 15) is 0 Å². The summed E-state index contributed by atoms with van der Waals surface area (Å²) < 4.78 is 7.42. The molecule has 0 aliphatic heterocycles. The molecule has 0 aliphatic rings. The number of rotatable bonds is 4. The van der Waals surface area contributed by atoms with Crippen molar-refractivity contribution in [2.24, 2.45) is 7.05 Å². The van der Waals surface area contributed by atoms with Crippen LogP contribution < -0.4 is 10.5 Å². The van der Waals surface area contributed by atoms with Crippen molar-refractivity contribution in [2.75, 3.05) is 5.73 Å². The highest BCUT2D eigenvalue weighted by Crippen LogP contribution is 2.23. The van der Waals surface area contributed by atoms with E-state index in [-0.39, 0.29) is 0 Å². The van der Waals surface area contributed by atoms with Gasteiger partial charge in [0.2, 0.25) is 0 Å². The van der Waals surface area contributed by atoms with Gasteiger partial charge in [-0.05, 0) is 29.8 Å². The van der Waals surface area contributed by atoms with Gasteiger partial charge >= 0.3 is 0 Å². The van der Waals surface area contributed by atoms with Crippen LogP contribution in [-0.2, 0) is 13.7 Å². The quantitative estimate of drug-likeness (QED) is 0.797. The summed E-state index contributed by atoms with van der Waals surface area (Å²) in [6.45, 7) is 0.566. The van der Waals surface area contributed by atoms with Gasteiger partial charge in [0.1, 0.15) is 18.2 Å². The molecule has 0 bridgehead atoms. The Kier molecular flexibility index (Phi) is 3.60. The Morgan fingerprint density at radius 1 is 1.05 bits per heavy atom. The molecule has 2 N–H and O–H groups in total. The predicted molar refractivity (Wildman–Crippen MR) is 83.8 cm³/mol. The van der Waals surface area contributed by atoms with E-state index in [0.717, 1.165) is 22.6 Å². The Balaban J connectivity index is 1.69. The molecule has 4 nitrogen and oxygen atoms in total. The van der Waals surface area contributed by atoms with Crippen LogP contribution in [-0.4, -0.2) is 9.78 Å². The lowest BCUT2D eigenvalue weighted by Crippen LogP contribution is -1.96. The smallest absolute Gasteiger partial charge is 0.121 e. The number of aryl methyl sites for hydroxylation is 1. The Morgan fingerprint density at radius 2 is 1.76 bits per heavy atom. The molecule has 1 aromatic heterocycles. The molecule has 3 rings (SSSR count). The Bertz CT molecular complexity index is 698. The maximum Gasteiger partial charge on any atom is 0.121 e. The average molecular weight is 279 g/mol. The van der Waals surface area contributed by atoms with Crippen LogP contribution >= 0.6 is 0 Å². The topological polar surface area (TPSA) is 53.1 Å². The number of ether oxygens (including phenoxy) is 1. The van der Waals surface area contributed by atoms with Crippen LogP contribution in [0.1, 0.15) is 5.56 Å². The fraction of sp³-hybridized carbons (Fsp3) is 0.118. The van der Waals surface area contributed by atoms with Gasteiger partial charge in [0.15, 0.2) is 0 Å². The Labute approximate surface area is 123 Å². The summed E-state index contributed by atoms with van der Waals surface area (Å²) in [6, 6.07) is 19.8. The molecule has 0 radical (unpaired) electrons. The molecule has 0 spiro atoms. The van der Waals surface area contributed by atoms with Gasteiger partial charge in [-0.3, -0.25) is 4.68 Å². The minimum atomic E-state index is 0.566. The first-order chi connectivity index (χ1) is 10.2. The molecule has 0 saturated heterocycles. The van der Waals surface area contributed by atoms with Gasteiger partial charge in [-0.25, -0.2) is 0 Å². The zero-order chi connectivity index (χ0) is 14.7. The maximum absolute atomic E-state index is 5.80. The summed E-state index contributed by atoms with van der Waals surface area (Å²) in [5.74, 6) is 1.49. The summed E-state index contributed by atoms with van der Waals surface area (Å²) in [6.07, 6.45) is 0. The van der Waals surface area contributed by atoms with E-state index < -0.39 is 0 Å². The summed E-state index contributed by atoms with van der Waals surface area (Å²) in [4.78, 5) is 0. The maximum atomic E-state index is 5.80. The lowest BCUT2D eigenvalue weighted by Gasteiger charge is -2.06. The monoisotopic (exact) mass is 279 g/mol. The molecular weight excluding hydrogens is 262 g/mol. The number of nitrogen functional groups attached to an aromatic ring is 1. The standard InChI is InChI=1S/C17H17N3O/c1-20-17(18)11-16(19-20)14-7-9-15(10-8-14)21-12-13-5-3-2-4-6-13/h2-11H,12,18H2,1H3. The second-order valence-electron chi connectivity index (χ2n) is 4.88. The number of nitrogens with zero attached hydrogens (tertiary/aromatic N) is 2. The molecular formula is C17H17N3O. The summed E-state index contributed by atoms with van der Waals surface area (Å²) >= 11 is 0. The number of benzene rings is 2. The van der Waals surface area contributed by atoms with Crippen molar-refractivity contribution in [1.82, 2.24) is 9.78 Å². The van der Waals surface area contributed by atoms with E-state index in [1.807, 2.05) is 67.7 Å². The molecule has 3 aromatic rings. The van der Waals surface area contributed by atoms with Gasteiger partial charge in [-0.1, -0.05) is 30.3 Å². The zero-order valence-corrected chi connectivity index (χ0v) is 11.9. The lowest BCUT2D eigenvalue weighted by atomic mass is 10.1. The Hall–Kier alpha value is -2.75. The van der Waals surface area contributed by atoms with E-state index >= 15 is 0 Å². The molecule has 106 valence electrons. The lowest BCUT2D eigenvalue weighted by molar-refractivity contribution is 0.306. The van der Waals surface area contributed by atoms with Gasteiger partial charge in [0.25, 0.3) is 0 Å². The van der Waals surface area contributed by atoms with Crippen molar-refractivity contribution in [3.63, 3.8) is 0 Å². The number of hydrogen-bond acceptors (Lipinski definition) is 3. The molecule has 1 heterocycles. The normalized spacial score (nSPS) is 10.5. The third-order valence-corrected chi connectivity index (χ3v) is 3.31. The van der Waals surface area contributed by atoms with Crippen molar-refractivity contribution < 1.29 is 4.74 Å². The molecule has 21 heavy (non-hydrogen) atoms. The first-order valence-electron chi connectivity index (χ1n) is 6.79. The molecule has 2 aromatic carbocycles. The van der Waals surface area contributed by atoms with Crippen molar-refractivity contribution in [3.05, 3.63) is 66.2 Å². The van der Waals surface area contributed by atoms with E-state index in [0.29, 0.717) is 12.4 Å². The van der Waals surface area contributed by atoms with Crippen LogP contribution in [0.5, 0.6) is 5.75 Å². The molecule has 0 amide bonds. The highest BCUT2D eigenvalue weighted by Gasteiger charge is 2.05. The molecule has 0 fully saturated rings. The summed E-state index contributed by atoms with van der Waals surface area (Å²) in [5, 5.41) is 4.35. The largest absolute Gasteiger partial charge is 0.489 e. The predicted octanol–water partition coefficient (Wildman–Crippen LogP) is 3.25. The average Bonchev–Trinajstić information content (AvgIpc) is 2.86. The Morgan fingerprint density at radius 3 is 2.38 bits per heavy atom. The number of hydrogen-bond donors (Lipinski definition) is 1. The van der Waals surface area contributed by atoms with Gasteiger partial charge in [0.05, 0.1) is 5.69 Å². The van der Waals surface area contributed by atoms with Crippen LogP contribution in [0, 0.1) is 0 Å². The zero-order valence-electron chi connectivity index (χ0n) is 11.9. The fourth-order valence-electron chi connectivity index (χ4n) is 2.09. The van der Waals surface area contributed by atoms with Gasteiger partial charge < -0.3 is 10.5 Å². The van der Waals surface area contributed by atoms with Crippen molar-refractivity contribution in [2.45, 2.75) is 6.61 Å². The van der Waals surface area contributed by atoms with Gasteiger partial charge in [0, 0.05) is 18.7 Å². The van der Waals surface area contributed by atoms with Crippen molar-refractivity contribution >= 4 is 5.82 Å². The minimum Gasteiger partial charge on any atom is -0.489 e. The first kappa shape index (κ1) is 13.2. The van der Waals surface area contributed by atoms with E-state index in [1.54, 1.807) is 4.68 Å². The van der Waals surface area contributed by atoms with Crippen molar-refractivity contribution in [1.29, 1.82) is 0 Å². The highest BCUT2D eigenvalue weighted by atomic mass is 16.5. The summed E-state index contributed by atoms with van der Waals surface area (Å²) in [7, 11) is 1.83. The van der Waals surface area contributed by atoms with Crippen LogP contribution in [0.2, 0.25) is 0 Å². The number of nitrogens with two attached hydrogens (primary N) is 1. The van der Waals surface area contributed by atoms with Crippen LogP contribution in [0.4, 0.5) is 5.82 Å². The molecule has 0 atom stereocenters. The third-order valence-electron chi connectivity index (χ3n) is 3.31. The third kappa shape index (κ3) is 3.05. The fourth-order valence-corrected chi connectivity index (χ4v) is 2.09. The van der Waals surface area contributed by atoms with Crippen LogP contribution in [0.15, 0.2) is 60.7 Å². The second kappa shape index (κ2) is 5.71. The van der Waals surface area contributed by atoms with Gasteiger partial charge in [-0.15, -0.1) is 0 Å². The minimum absolute atomic E-state index is 0.566. The highest BCUT2D eigenvalue weighted by molar-refractivity contribution is 5.63. The van der Waals surface area contributed by atoms with E-state index in [1.165, 1.54) is 0 Å². The summed E-state index contributed by atoms with van der Waals surface area (Å²) in [5.41, 5.74) is 8.84. The van der Waals surface area contributed by atoms with Crippen LogP contribution in [0.3, 0.4) is 0 Å². The van der Waals surface area contributed by atoms with E-state index in [2.05, 4.69) is 5.10 Å². The first-order valence-corrected chi connectivity index (χ1v) is 6.79. The van der Waals surface area contributed by atoms with Crippen molar-refractivity contribution in [3.8, 4) is 17.0 Å². The van der Waals surface area contributed by atoms with E-state index in [4.69, 9.17) is 10.5 Å². The molecule has 0 saturated carbocycles. The molecule has 4 heteroatoms. The number of aromatic nitrogens is 2. The number of anilines is 1. The second-order valence-corrected chi connectivity index (χ2v) is 4.88. The van der Waals surface area contributed by atoms with Crippen LogP contribution in [0.25, 0.3) is 11.3 Å². The SMILES string of the molecule is Cn1nc(-c2ccc(OCc3ccccc3)cc2)cc1N. The molecule has 0 unspecified atom stereocenters. The van der Waals surface area contributed by atoms with Gasteiger partial charge in [-0.2, -0.15) is 5.10 Å². The molecule has 0 aliphatic carbocycles.